The molecule has 2 aromatic rings. The topological polar surface area (TPSA) is 46.3 Å². The number of carbonyl (C=O) groups is 1. The second-order valence-corrected chi connectivity index (χ2v) is 5.33. The molecule has 3 rings (SSSR count). The standard InChI is InChI=1S/C16H18N2O2/c1-3-14-15(17-10-20-14)16(19)18-9-11(2)8-12-6-4-5-7-13(12)18/h4-7,10-11H,3,8-9H2,1-2H3. The zero-order valence-corrected chi connectivity index (χ0v) is 11.8. The van der Waals surface area contributed by atoms with Gasteiger partial charge in [0.15, 0.2) is 12.1 Å². The smallest absolute Gasteiger partial charge is 0.280 e. The van der Waals surface area contributed by atoms with Gasteiger partial charge in [0.25, 0.3) is 5.91 Å². The Bertz CT molecular complexity index is 633. The molecule has 0 bridgehead atoms. The summed E-state index contributed by atoms with van der Waals surface area (Å²) in [6.07, 6.45) is 3.04. The van der Waals surface area contributed by atoms with Gasteiger partial charge in [0.2, 0.25) is 0 Å². The Kier molecular flexibility index (Phi) is 3.30. The molecule has 104 valence electrons. The second kappa shape index (κ2) is 5.12. The first-order chi connectivity index (χ1) is 9.70. The first-order valence-electron chi connectivity index (χ1n) is 7.02. The van der Waals surface area contributed by atoms with E-state index < -0.39 is 0 Å². The first-order valence-corrected chi connectivity index (χ1v) is 7.02. The molecule has 0 N–H and O–H groups in total. The molecule has 1 atom stereocenters. The number of para-hydroxylation sites is 1. The Morgan fingerprint density at radius 3 is 3.05 bits per heavy atom. The molecule has 1 aromatic carbocycles. The van der Waals surface area contributed by atoms with Gasteiger partial charge < -0.3 is 9.32 Å². The highest BCUT2D eigenvalue weighted by Crippen LogP contribution is 2.30. The van der Waals surface area contributed by atoms with Gasteiger partial charge >= 0.3 is 0 Å². The Balaban J connectivity index is 2.00. The van der Waals surface area contributed by atoms with Crippen LogP contribution in [0.5, 0.6) is 0 Å². The highest BCUT2D eigenvalue weighted by Gasteiger charge is 2.29. The Morgan fingerprint density at radius 1 is 1.45 bits per heavy atom. The van der Waals surface area contributed by atoms with Crippen molar-refractivity contribution in [3.63, 3.8) is 0 Å². The minimum absolute atomic E-state index is 0.0606. The number of fused-ring (bicyclic) bond motifs is 1. The van der Waals surface area contributed by atoms with Gasteiger partial charge in [0.1, 0.15) is 5.76 Å². The van der Waals surface area contributed by atoms with Crippen LogP contribution in [0.15, 0.2) is 35.1 Å². The number of benzene rings is 1. The number of hydrogen-bond acceptors (Lipinski definition) is 3. The molecule has 1 aromatic heterocycles. The van der Waals surface area contributed by atoms with E-state index in [0.717, 1.165) is 18.7 Å². The minimum Gasteiger partial charge on any atom is -0.448 e. The van der Waals surface area contributed by atoms with E-state index in [1.54, 1.807) is 0 Å². The summed E-state index contributed by atoms with van der Waals surface area (Å²) in [7, 11) is 0. The molecule has 0 saturated carbocycles. The average Bonchev–Trinajstić information content (AvgIpc) is 2.94. The lowest BCUT2D eigenvalue weighted by atomic mass is 9.93. The van der Waals surface area contributed by atoms with Gasteiger partial charge in [-0.15, -0.1) is 0 Å². The van der Waals surface area contributed by atoms with Crippen molar-refractivity contribution in [3.8, 4) is 0 Å². The van der Waals surface area contributed by atoms with Crippen LogP contribution in [-0.4, -0.2) is 17.4 Å². The molecule has 1 aliphatic heterocycles. The number of carbonyl (C=O) groups excluding carboxylic acids is 1. The summed E-state index contributed by atoms with van der Waals surface area (Å²) in [5.74, 6) is 1.05. The summed E-state index contributed by atoms with van der Waals surface area (Å²) in [5.41, 5.74) is 2.66. The van der Waals surface area contributed by atoms with E-state index in [9.17, 15) is 4.79 Å². The van der Waals surface area contributed by atoms with Crippen molar-refractivity contribution >= 4 is 11.6 Å². The number of hydrogen-bond donors (Lipinski definition) is 0. The van der Waals surface area contributed by atoms with E-state index in [4.69, 9.17) is 4.42 Å². The summed E-state index contributed by atoms with van der Waals surface area (Å²) >= 11 is 0. The van der Waals surface area contributed by atoms with Crippen LogP contribution in [0.3, 0.4) is 0 Å². The van der Waals surface area contributed by atoms with Crippen LogP contribution in [0.2, 0.25) is 0 Å². The molecule has 0 radical (unpaired) electrons. The van der Waals surface area contributed by atoms with E-state index >= 15 is 0 Å². The highest BCUT2D eigenvalue weighted by molar-refractivity contribution is 6.06. The van der Waals surface area contributed by atoms with Crippen LogP contribution < -0.4 is 4.90 Å². The summed E-state index contributed by atoms with van der Waals surface area (Å²) in [4.78, 5) is 18.7. The molecule has 0 saturated heterocycles. The van der Waals surface area contributed by atoms with Gasteiger partial charge in [-0.05, 0) is 24.0 Å². The van der Waals surface area contributed by atoms with Crippen LogP contribution in [0, 0.1) is 5.92 Å². The third-order valence-electron chi connectivity index (χ3n) is 3.75. The number of nitrogens with zero attached hydrogens (tertiary/aromatic N) is 2. The average molecular weight is 270 g/mol. The fraction of sp³-hybridized carbons (Fsp3) is 0.375. The number of rotatable bonds is 2. The minimum atomic E-state index is -0.0606. The van der Waals surface area contributed by atoms with Gasteiger partial charge in [-0.1, -0.05) is 32.0 Å². The van der Waals surface area contributed by atoms with Gasteiger partial charge in [0, 0.05) is 18.7 Å². The van der Waals surface area contributed by atoms with E-state index in [1.807, 2.05) is 30.0 Å². The quantitative estimate of drug-likeness (QED) is 0.842. The lowest BCUT2D eigenvalue weighted by Crippen LogP contribution is -2.39. The fourth-order valence-corrected chi connectivity index (χ4v) is 2.81. The van der Waals surface area contributed by atoms with E-state index in [2.05, 4.69) is 18.0 Å². The van der Waals surface area contributed by atoms with Crippen molar-refractivity contribution in [2.75, 3.05) is 11.4 Å². The maximum Gasteiger partial charge on any atom is 0.280 e. The lowest BCUT2D eigenvalue weighted by molar-refractivity contribution is 0.0975. The molecular weight excluding hydrogens is 252 g/mol. The number of aromatic nitrogens is 1. The Morgan fingerprint density at radius 2 is 2.25 bits per heavy atom. The first kappa shape index (κ1) is 12.9. The molecule has 2 heterocycles. The molecule has 4 heteroatoms. The van der Waals surface area contributed by atoms with Gasteiger partial charge in [-0.25, -0.2) is 4.98 Å². The maximum atomic E-state index is 12.8. The summed E-state index contributed by atoms with van der Waals surface area (Å²) in [6.45, 7) is 4.86. The number of oxazole rings is 1. The predicted molar refractivity (Wildman–Crippen MR) is 76.9 cm³/mol. The van der Waals surface area contributed by atoms with Crippen LogP contribution in [0.25, 0.3) is 0 Å². The van der Waals surface area contributed by atoms with Gasteiger partial charge in [-0.2, -0.15) is 0 Å². The Labute approximate surface area is 118 Å². The van der Waals surface area contributed by atoms with Crippen molar-refractivity contribution in [1.82, 2.24) is 4.98 Å². The lowest BCUT2D eigenvalue weighted by Gasteiger charge is -2.32. The van der Waals surface area contributed by atoms with E-state index in [0.29, 0.717) is 23.8 Å². The number of aryl methyl sites for hydroxylation is 1. The summed E-state index contributed by atoms with van der Waals surface area (Å²) in [5, 5.41) is 0. The van der Waals surface area contributed by atoms with Crippen LogP contribution in [0.1, 0.15) is 35.7 Å². The van der Waals surface area contributed by atoms with Crippen molar-refractivity contribution < 1.29 is 9.21 Å². The molecule has 4 nitrogen and oxygen atoms in total. The van der Waals surface area contributed by atoms with E-state index in [1.165, 1.54) is 12.0 Å². The normalized spacial score (nSPS) is 17.9. The highest BCUT2D eigenvalue weighted by atomic mass is 16.3. The van der Waals surface area contributed by atoms with Crippen molar-refractivity contribution in [1.29, 1.82) is 0 Å². The van der Waals surface area contributed by atoms with Crippen molar-refractivity contribution in [3.05, 3.63) is 47.7 Å². The van der Waals surface area contributed by atoms with E-state index in [-0.39, 0.29) is 5.91 Å². The zero-order chi connectivity index (χ0) is 14.1. The molecule has 1 unspecified atom stereocenters. The predicted octanol–water partition coefficient (Wildman–Crippen LogP) is 3.08. The second-order valence-electron chi connectivity index (χ2n) is 5.33. The fourth-order valence-electron chi connectivity index (χ4n) is 2.81. The van der Waals surface area contributed by atoms with Crippen LogP contribution >= 0.6 is 0 Å². The molecular formula is C16H18N2O2. The number of anilines is 1. The monoisotopic (exact) mass is 270 g/mol. The third kappa shape index (κ3) is 2.11. The molecule has 0 spiro atoms. The molecule has 0 aliphatic carbocycles. The van der Waals surface area contributed by atoms with Gasteiger partial charge in [-0.3, -0.25) is 4.79 Å². The zero-order valence-electron chi connectivity index (χ0n) is 11.8. The molecule has 0 fully saturated rings. The van der Waals surface area contributed by atoms with Gasteiger partial charge in [0.05, 0.1) is 0 Å². The molecule has 1 aliphatic rings. The van der Waals surface area contributed by atoms with Crippen LogP contribution in [-0.2, 0) is 12.8 Å². The maximum absolute atomic E-state index is 12.8. The summed E-state index contributed by atoms with van der Waals surface area (Å²) in [6, 6.07) is 8.09. The third-order valence-corrected chi connectivity index (χ3v) is 3.75. The van der Waals surface area contributed by atoms with Crippen molar-refractivity contribution in [2.45, 2.75) is 26.7 Å². The molecule has 1 amide bonds. The number of amides is 1. The molecule has 20 heavy (non-hydrogen) atoms. The van der Waals surface area contributed by atoms with Crippen LogP contribution in [0.4, 0.5) is 5.69 Å². The van der Waals surface area contributed by atoms with Crippen molar-refractivity contribution in [2.24, 2.45) is 5.92 Å². The Hall–Kier alpha value is -2.10. The summed E-state index contributed by atoms with van der Waals surface area (Å²) < 4.78 is 5.28. The largest absolute Gasteiger partial charge is 0.448 e. The SMILES string of the molecule is CCc1ocnc1C(=O)N1CC(C)Cc2ccccc21.